The van der Waals surface area contributed by atoms with Crippen LogP contribution in [0.4, 0.5) is 0 Å². The standard InChI is InChI=1S/C13H16O4/c1-8-5-11-12(17-4-3-16-11)7-10(8)9(2)6-13(14)15/h5,7,9H,3-4,6H2,1-2H3,(H,14,15). The first-order valence-electron chi connectivity index (χ1n) is 5.70. The van der Waals surface area contributed by atoms with Gasteiger partial charge in [-0.2, -0.15) is 0 Å². The smallest absolute Gasteiger partial charge is 0.303 e. The van der Waals surface area contributed by atoms with E-state index in [9.17, 15) is 4.79 Å². The molecule has 17 heavy (non-hydrogen) atoms. The molecule has 1 aromatic rings. The minimum Gasteiger partial charge on any atom is -0.486 e. The highest BCUT2D eigenvalue weighted by Gasteiger charge is 2.18. The zero-order valence-corrected chi connectivity index (χ0v) is 10.0. The molecule has 0 aliphatic carbocycles. The highest BCUT2D eigenvalue weighted by Crippen LogP contribution is 2.36. The minimum absolute atomic E-state index is 0.0247. The molecule has 0 saturated heterocycles. The number of benzene rings is 1. The zero-order valence-electron chi connectivity index (χ0n) is 10.0. The molecule has 4 heteroatoms. The summed E-state index contributed by atoms with van der Waals surface area (Å²) in [7, 11) is 0. The van der Waals surface area contributed by atoms with Crippen molar-refractivity contribution < 1.29 is 19.4 Å². The van der Waals surface area contributed by atoms with Crippen molar-refractivity contribution in [1.82, 2.24) is 0 Å². The second kappa shape index (κ2) is 4.65. The van der Waals surface area contributed by atoms with Gasteiger partial charge in [0.2, 0.25) is 0 Å². The van der Waals surface area contributed by atoms with Crippen molar-refractivity contribution in [2.24, 2.45) is 0 Å². The number of rotatable bonds is 3. The van der Waals surface area contributed by atoms with Gasteiger partial charge >= 0.3 is 5.97 Å². The van der Waals surface area contributed by atoms with Gasteiger partial charge in [0.15, 0.2) is 11.5 Å². The van der Waals surface area contributed by atoms with Crippen molar-refractivity contribution in [3.63, 3.8) is 0 Å². The van der Waals surface area contributed by atoms with Gasteiger partial charge in [-0.15, -0.1) is 0 Å². The van der Waals surface area contributed by atoms with Crippen molar-refractivity contribution in [2.75, 3.05) is 13.2 Å². The fourth-order valence-electron chi connectivity index (χ4n) is 2.11. The maximum absolute atomic E-state index is 10.7. The molecule has 0 amide bonds. The summed E-state index contributed by atoms with van der Waals surface area (Å²) in [5.41, 5.74) is 2.06. The Morgan fingerprint density at radius 1 is 1.35 bits per heavy atom. The number of ether oxygens (including phenoxy) is 2. The quantitative estimate of drug-likeness (QED) is 0.875. The second-order valence-electron chi connectivity index (χ2n) is 4.35. The lowest BCUT2D eigenvalue weighted by Crippen LogP contribution is -2.16. The van der Waals surface area contributed by atoms with Crippen LogP contribution < -0.4 is 9.47 Å². The molecule has 1 heterocycles. The van der Waals surface area contributed by atoms with Crippen LogP contribution in [0.3, 0.4) is 0 Å². The molecule has 0 bridgehead atoms. The van der Waals surface area contributed by atoms with Crippen molar-refractivity contribution >= 4 is 5.97 Å². The Bertz CT molecular complexity index is 439. The lowest BCUT2D eigenvalue weighted by atomic mass is 9.93. The Balaban J connectivity index is 2.31. The molecule has 1 aliphatic rings. The predicted octanol–water partition coefficient (Wildman–Crippen LogP) is 2.34. The van der Waals surface area contributed by atoms with E-state index in [0.717, 1.165) is 16.9 Å². The first-order chi connectivity index (χ1) is 8.08. The molecule has 1 aromatic carbocycles. The van der Waals surface area contributed by atoms with Gasteiger partial charge in [-0.25, -0.2) is 0 Å². The summed E-state index contributed by atoms with van der Waals surface area (Å²) in [4.78, 5) is 10.7. The topological polar surface area (TPSA) is 55.8 Å². The fourth-order valence-corrected chi connectivity index (χ4v) is 2.11. The summed E-state index contributed by atoms with van der Waals surface area (Å²) in [5.74, 6) is 0.657. The van der Waals surface area contributed by atoms with Crippen LogP contribution in [-0.2, 0) is 4.79 Å². The van der Waals surface area contributed by atoms with Crippen LogP contribution in [0.25, 0.3) is 0 Å². The SMILES string of the molecule is Cc1cc2c(cc1C(C)CC(=O)O)OCCO2. The molecule has 1 N–H and O–H groups in total. The third-order valence-electron chi connectivity index (χ3n) is 2.94. The van der Waals surface area contributed by atoms with Crippen LogP contribution >= 0.6 is 0 Å². The van der Waals surface area contributed by atoms with Crippen molar-refractivity contribution in [3.8, 4) is 11.5 Å². The summed E-state index contributed by atoms with van der Waals surface area (Å²) in [6, 6.07) is 3.82. The van der Waals surface area contributed by atoms with Crippen LogP contribution in [0.1, 0.15) is 30.4 Å². The van der Waals surface area contributed by atoms with Gasteiger partial charge in [-0.3, -0.25) is 4.79 Å². The highest BCUT2D eigenvalue weighted by molar-refractivity contribution is 5.68. The Morgan fingerprint density at radius 2 is 1.94 bits per heavy atom. The molecule has 0 fully saturated rings. The Kier molecular flexibility index (Phi) is 3.22. The summed E-state index contributed by atoms with van der Waals surface area (Å²) >= 11 is 0. The molecule has 92 valence electrons. The van der Waals surface area contributed by atoms with E-state index in [0.29, 0.717) is 19.0 Å². The van der Waals surface area contributed by atoms with Gasteiger partial charge < -0.3 is 14.6 Å². The first kappa shape index (κ1) is 11.8. The number of hydrogen-bond acceptors (Lipinski definition) is 3. The number of aliphatic carboxylic acids is 1. The van der Waals surface area contributed by atoms with Crippen LogP contribution in [0.5, 0.6) is 11.5 Å². The average molecular weight is 236 g/mol. The Labute approximate surface area is 100 Å². The van der Waals surface area contributed by atoms with Crippen LogP contribution in [0, 0.1) is 6.92 Å². The monoisotopic (exact) mass is 236 g/mol. The second-order valence-corrected chi connectivity index (χ2v) is 4.35. The van der Waals surface area contributed by atoms with Gasteiger partial charge in [0.25, 0.3) is 0 Å². The van der Waals surface area contributed by atoms with Gasteiger partial charge in [0.1, 0.15) is 13.2 Å². The average Bonchev–Trinajstić information content (AvgIpc) is 2.27. The van der Waals surface area contributed by atoms with Crippen molar-refractivity contribution in [3.05, 3.63) is 23.3 Å². The van der Waals surface area contributed by atoms with E-state index < -0.39 is 5.97 Å². The van der Waals surface area contributed by atoms with E-state index >= 15 is 0 Å². The number of aryl methyl sites for hydroxylation is 1. The Morgan fingerprint density at radius 3 is 2.53 bits per heavy atom. The fraction of sp³-hybridized carbons (Fsp3) is 0.462. The van der Waals surface area contributed by atoms with E-state index in [2.05, 4.69) is 0 Å². The van der Waals surface area contributed by atoms with E-state index in [1.807, 2.05) is 26.0 Å². The van der Waals surface area contributed by atoms with E-state index in [-0.39, 0.29) is 12.3 Å². The summed E-state index contributed by atoms with van der Waals surface area (Å²) in [6.45, 7) is 4.98. The van der Waals surface area contributed by atoms with Gasteiger partial charge in [-0.1, -0.05) is 6.92 Å². The third-order valence-corrected chi connectivity index (χ3v) is 2.94. The number of carbonyl (C=O) groups is 1. The van der Waals surface area contributed by atoms with E-state index in [1.54, 1.807) is 0 Å². The normalized spacial score (nSPS) is 15.4. The molecule has 0 aromatic heterocycles. The lowest BCUT2D eigenvalue weighted by Gasteiger charge is -2.22. The summed E-state index contributed by atoms with van der Waals surface area (Å²) in [6.07, 6.45) is 0.125. The molecule has 1 unspecified atom stereocenters. The molecular formula is C13H16O4. The maximum atomic E-state index is 10.7. The van der Waals surface area contributed by atoms with E-state index in [4.69, 9.17) is 14.6 Å². The highest BCUT2D eigenvalue weighted by atomic mass is 16.6. The lowest BCUT2D eigenvalue weighted by molar-refractivity contribution is -0.137. The minimum atomic E-state index is -0.785. The van der Waals surface area contributed by atoms with Crippen molar-refractivity contribution in [2.45, 2.75) is 26.2 Å². The third kappa shape index (κ3) is 2.52. The summed E-state index contributed by atoms with van der Waals surface area (Å²) in [5, 5.41) is 8.82. The molecule has 0 spiro atoms. The number of hydrogen-bond donors (Lipinski definition) is 1. The largest absolute Gasteiger partial charge is 0.486 e. The van der Waals surface area contributed by atoms with Gasteiger partial charge in [0.05, 0.1) is 6.42 Å². The maximum Gasteiger partial charge on any atom is 0.303 e. The zero-order chi connectivity index (χ0) is 12.4. The molecule has 1 atom stereocenters. The number of fused-ring (bicyclic) bond motifs is 1. The number of carboxylic acids is 1. The van der Waals surface area contributed by atoms with Crippen LogP contribution in [0.2, 0.25) is 0 Å². The number of carboxylic acid groups (broad SMARTS) is 1. The van der Waals surface area contributed by atoms with Gasteiger partial charge in [-0.05, 0) is 36.1 Å². The van der Waals surface area contributed by atoms with Crippen LogP contribution in [0.15, 0.2) is 12.1 Å². The van der Waals surface area contributed by atoms with Gasteiger partial charge in [0, 0.05) is 0 Å². The predicted molar refractivity (Wildman–Crippen MR) is 62.8 cm³/mol. The molecule has 0 saturated carbocycles. The molecule has 1 aliphatic heterocycles. The molecule has 4 nitrogen and oxygen atoms in total. The molecule has 0 radical (unpaired) electrons. The van der Waals surface area contributed by atoms with Crippen molar-refractivity contribution in [1.29, 1.82) is 0 Å². The van der Waals surface area contributed by atoms with E-state index in [1.165, 1.54) is 0 Å². The van der Waals surface area contributed by atoms with Crippen LogP contribution in [-0.4, -0.2) is 24.3 Å². The molecular weight excluding hydrogens is 220 g/mol. The first-order valence-corrected chi connectivity index (χ1v) is 5.70. The molecule has 2 rings (SSSR count). The Hall–Kier alpha value is -1.71. The summed E-state index contributed by atoms with van der Waals surface area (Å²) < 4.78 is 11.0.